The van der Waals surface area contributed by atoms with Crippen molar-refractivity contribution in [2.45, 2.75) is 6.54 Å². The van der Waals surface area contributed by atoms with Crippen LogP contribution in [0.2, 0.25) is 0 Å². The summed E-state index contributed by atoms with van der Waals surface area (Å²) in [6, 6.07) is 3.78. The van der Waals surface area contributed by atoms with Gasteiger partial charge in [0, 0.05) is 25.1 Å². The van der Waals surface area contributed by atoms with E-state index in [0.29, 0.717) is 10.1 Å². The molecule has 0 bridgehead atoms. The minimum absolute atomic E-state index is 0.0442. The number of hydrogen-bond acceptors (Lipinski definition) is 4. The maximum absolute atomic E-state index is 11.8. The zero-order chi connectivity index (χ0) is 12.3. The van der Waals surface area contributed by atoms with E-state index in [1.165, 1.54) is 6.33 Å². The molecule has 0 saturated carbocycles. The molecule has 2 aromatic rings. The van der Waals surface area contributed by atoms with Crippen molar-refractivity contribution in [3.63, 3.8) is 0 Å². The zero-order valence-electron chi connectivity index (χ0n) is 9.22. The van der Waals surface area contributed by atoms with E-state index in [9.17, 15) is 4.79 Å². The number of aromatic nitrogens is 3. The van der Waals surface area contributed by atoms with Crippen molar-refractivity contribution in [3.8, 4) is 0 Å². The molecule has 2 aromatic heterocycles. The van der Waals surface area contributed by atoms with Crippen LogP contribution in [0.25, 0.3) is 0 Å². The number of nitrogens with one attached hydrogen (secondary N) is 1. The third kappa shape index (κ3) is 2.82. The van der Waals surface area contributed by atoms with Crippen LogP contribution in [0, 0.1) is 3.57 Å². The van der Waals surface area contributed by atoms with Gasteiger partial charge in [0.15, 0.2) is 0 Å². The van der Waals surface area contributed by atoms with Gasteiger partial charge in [-0.25, -0.2) is 4.98 Å². The summed E-state index contributed by atoms with van der Waals surface area (Å²) in [7, 11) is 1.85. The Balaban J connectivity index is 2.31. The summed E-state index contributed by atoms with van der Waals surface area (Å²) in [5, 5.41) is 3.03. The number of nitrogens with zero attached hydrogens (tertiary/aromatic N) is 3. The summed E-state index contributed by atoms with van der Waals surface area (Å²) in [4.78, 5) is 20.0. The first kappa shape index (κ1) is 12.0. The Kier molecular flexibility index (Phi) is 3.72. The van der Waals surface area contributed by atoms with Crippen molar-refractivity contribution in [2.75, 3.05) is 12.4 Å². The van der Waals surface area contributed by atoms with Crippen molar-refractivity contribution >= 4 is 28.3 Å². The minimum atomic E-state index is -0.0442. The molecular formula is C11H11IN4O. The molecule has 0 atom stereocenters. The van der Waals surface area contributed by atoms with Crippen LogP contribution in [-0.2, 0) is 6.54 Å². The predicted molar refractivity (Wildman–Crippen MR) is 74.1 cm³/mol. The molecule has 0 aliphatic rings. The van der Waals surface area contributed by atoms with Gasteiger partial charge in [-0.15, -0.1) is 0 Å². The number of hydrogen-bond donors (Lipinski definition) is 1. The molecule has 1 N–H and O–H groups in total. The van der Waals surface area contributed by atoms with Crippen molar-refractivity contribution in [3.05, 3.63) is 50.5 Å². The molecule has 2 rings (SSSR count). The fraction of sp³-hybridized carbons (Fsp3) is 0.182. The van der Waals surface area contributed by atoms with Gasteiger partial charge in [0.25, 0.3) is 5.56 Å². The highest BCUT2D eigenvalue weighted by atomic mass is 127. The van der Waals surface area contributed by atoms with E-state index < -0.39 is 0 Å². The second-order valence-corrected chi connectivity index (χ2v) is 4.62. The van der Waals surface area contributed by atoms with E-state index in [4.69, 9.17) is 0 Å². The fourth-order valence-corrected chi connectivity index (χ4v) is 1.90. The Morgan fingerprint density at radius 1 is 1.53 bits per heavy atom. The maximum Gasteiger partial charge on any atom is 0.267 e. The molecule has 5 nitrogen and oxygen atoms in total. The first-order valence-electron chi connectivity index (χ1n) is 5.03. The monoisotopic (exact) mass is 342 g/mol. The molecular weight excluding hydrogens is 331 g/mol. The largest absolute Gasteiger partial charge is 0.388 e. The Morgan fingerprint density at radius 3 is 3.12 bits per heavy atom. The van der Waals surface area contributed by atoms with Crippen LogP contribution in [0.4, 0.5) is 5.69 Å². The highest BCUT2D eigenvalue weighted by molar-refractivity contribution is 14.1. The Hall–Kier alpha value is -1.44. The van der Waals surface area contributed by atoms with Crippen LogP contribution in [-0.4, -0.2) is 21.6 Å². The second-order valence-electron chi connectivity index (χ2n) is 3.46. The van der Waals surface area contributed by atoms with Crippen LogP contribution >= 0.6 is 22.6 Å². The number of anilines is 1. The van der Waals surface area contributed by atoms with Crippen LogP contribution in [0.15, 0.2) is 35.6 Å². The van der Waals surface area contributed by atoms with Gasteiger partial charge < -0.3 is 5.32 Å². The molecule has 0 spiro atoms. The molecule has 0 aromatic carbocycles. The first-order valence-corrected chi connectivity index (χ1v) is 6.11. The average molecular weight is 342 g/mol. The third-order valence-electron chi connectivity index (χ3n) is 2.30. The van der Waals surface area contributed by atoms with E-state index in [1.807, 2.05) is 41.8 Å². The molecule has 0 aliphatic carbocycles. The first-order chi connectivity index (χ1) is 8.20. The van der Waals surface area contributed by atoms with E-state index >= 15 is 0 Å². The van der Waals surface area contributed by atoms with Gasteiger partial charge in [-0.3, -0.25) is 14.3 Å². The third-order valence-corrected chi connectivity index (χ3v) is 3.04. The zero-order valence-corrected chi connectivity index (χ0v) is 11.4. The van der Waals surface area contributed by atoms with Gasteiger partial charge in [0.05, 0.1) is 22.1 Å². The molecule has 0 aliphatic heterocycles. The van der Waals surface area contributed by atoms with Gasteiger partial charge in [-0.1, -0.05) is 0 Å². The smallest absolute Gasteiger partial charge is 0.267 e. The van der Waals surface area contributed by atoms with Crippen molar-refractivity contribution in [2.24, 2.45) is 0 Å². The molecule has 0 amide bonds. The second kappa shape index (κ2) is 5.26. The standard InChI is InChI=1S/C11H11IN4O/c1-13-8-2-3-15-9(4-8)6-16-7-14-5-10(12)11(16)17/h2-5,7H,6H2,1H3,(H,13,15). The normalized spacial score (nSPS) is 10.2. The van der Waals surface area contributed by atoms with E-state index in [-0.39, 0.29) is 5.56 Å². The predicted octanol–water partition coefficient (Wildman–Crippen LogP) is 1.33. The maximum atomic E-state index is 11.8. The molecule has 0 fully saturated rings. The van der Waals surface area contributed by atoms with Gasteiger partial charge >= 0.3 is 0 Å². The summed E-state index contributed by atoms with van der Waals surface area (Å²) in [5.74, 6) is 0. The molecule has 0 saturated heterocycles. The molecule has 88 valence electrons. The van der Waals surface area contributed by atoms with E-state index in [2.05, 4.69) is 15.3 Å². The lowest BCUT2D eigenvalue weighted by atomic mass is 10.3. The van der Waals surface area contributed by atoms with Crippen molar-refractivity contribution in [1.29, 1.82) is 0 Å². The molecule has 6 heteroatoms. The number of pyridine rings is 1. The summed E-state index contributed by atoms with van der Waals surface area (Å²) in [6.45, 7) is 0.429. The number of rotatable bonds is 3. The van der Waals surface area contributed by atoms with Gasteiger partial charge in [-0.05, 0) is 34.7 Å². The molecule has 2 heterocycles. The van der Waals surface area contributed by atoms with Crippen LogP contribution in [0.3, 0.4) is 0 Å². The number of halogens is 1. The quantitative estimate of drug-likeness (QED) is 0.856. The Bertz CT molecular complexity index is 582. The van der Waals surface area contributed by atoms with Crippen LogP contribution in [0.5, 0.6) is 0 Å². The lowest BCUT2D eigenvalue weighted by Gasteiger charge is -2.06. The summed E-state index contributed by atoms with van der Waals surface area (Å²) >= 11 is 1.98. The van der Waals surface area contributed by atoms with Gasteiger partial charge in [0.2, 0.25) is 0 Å². The highest BCUT2D eigenvalue weighted by Crippen LogP contribution is 2.07. The van der Waals surface area contributed by atoms with Crippen LogP contribution < -0.4 is 10.9 Å². The van der Waals surface area contributed by atoms with E-state index in [0.717, 1.165) is 11.4 Å². The molecule has 0 unspecified atom stereocenters. The summed E-state index contributed by atoms with van der Waals surface area (Å²) in [5.41, 5.74) is 1.75. The molecule has 0 radical (unpaired) electrons. The van der Waals surface area contributed by atoms with Crippen molar-refractivity contribution in [1.82, 2.24) is 14.5 Å². The van der Waals surface area contributed by atoms with Gasteiger partial charge in [-0.2, -0.15) is 0 Å². The van der Waals surface area contributed by atoms with Crippen LogP contribution in [0.1, 0.15) is 5.69 Å². The SMILES string of the molecule is CNc1ccnc(Cn2cncc(I)c2=O)c1. The fourth-order valence-electron chi connectivity index (χ4n) is 1.43. The Morgan fingerprint density at radius 2 is 2.35 bits per heavy atom. The lowest BCUT2D eigenvalue weighted by molar-refractivity contribution is 0.714. The van der Waals surface area contributed by atoms with Gasteiger partial charge in [0.1, 0.15) is 0 Å². The highest BCUT2D eigenvalue weighted by Gasteiger charge is 2.03. The Labute approximate surface area is 112 Å². The topological polar surface area (TPSA) is 59.8 Å². The molecule has 17 heavy (non-hydrogen) atoms. The summed E-state index contributed by atoms with van der Waals surface area (Å²) < 4.78 is 2.15. The minimum Gasteiger partial charge on any atom is -0.388 e. The lowest BCUT2D eigenvalue weighted by Crippen LogP contribution is -2.23. The van der Waals surface area contributed by atoms with E-state index in [1.54, 1.807) is 17.0 Å². The van der Waals surface area contributed by atoms with Crippen molar-refractivity contribution < 1.29 is 0 Å². The average Bonchev–Trinajstić information content (AvgIpc) is 2.35. The summed E-state index contributed by atoms with van der Waals surface area (Å²) in [6.07, 6.45) is 4.79.